The number of allylic oxidation sites excluding steroid dienone is 1. The van der Waals surface area contributed by atoms with Gasteiger partial charge in [0.05, 0.1) is 17.4 Å². The van der Waals surface area contributed by atoms with Crippen LogP contribution in [0.5, 0.6) is 0 Å². The number of alkyl halides is 3. The summed E-state index contributed by atoms with van der Waals surface area (Å²) in [5.74, 6) is -2.44. The minimum absolute atomic E-state index is 0.0678. The highest BCUT2D eigenvalue weighted by Gasteiger charge is 2.49. The zero-order chi connectivity index (χ0) is 24.7. The number of benzene rings is 3. The van der Waals surface area contributed by atoms with Gasteiger partial charge in [0, 0.05) is 22.2 Å². The lowest BCUT2D eigenvalue weighted by Crippen LogP contribution is -2.45. The molecule has 0 spiro atoms. The Morgan fingerprint density at radius 2 is 1.60 bits per heavy atom. The quantitative estimate of drug-likeness (QED) is 0.384. The molecule has 0 bridgehead atoms. The summed E-state index contributed by atoms with van der Waals surface area (Å²) >= 11 is 3.38. The second kappa shape index (κ2) is 9.00. The molecule has 0 fully saturated rings. The molecule has 2 atom stereocenters. The molecule has 3 aromatic carbocycles. The Morgan fingerprint density at radius 1 is 0.914 bits per heavy atom. The summed E-state index contributed by atoms with van der Waals surface area (Å²) < 4.78 is 42.4. The van der Waals surface area contributed by atoms with E-state index >= 15 is 0 Å². The average molecular weight is 541 g/mol. The number of Topliss-reactive ketones (excluding diaryl/α,β-unsaturated/α-hetero) is 1. The van der Waals surface area contributed by atoms with Gasteiger partial charge in [-0.05, 0) is 47.7 Å². The van der Waals surface area contributed by atoms with Crippen LogP contribution < -0.4 is 10.2 Å². The van der Waals surface area contributed by atoms with Crippen LogP contribution in [0, 0.1) is 0 Å². The minimum Gasteiger partial charge on any atom is -0.357 e. The molecule has 0 unspecified atom stereocenters. The SMILES string of the molecule is O=C1C[C@H](c2ccccc2)CC2=C1[C@@H](c1cccc(Br)c1)N(C(=O)C(F)(F)F)c1ccccc1N2. The largest absolute Gasteiger partial charge is 0.471 e. The van der Waals surface area contributed by atoms with Crippen LogP contribution in [0.4, 0.5) is 24.5 Å². The number of rotatable bonds is 2. The first kappa shape index (κ1) is 23.4. The predicted molar refractivity (Wildman–Crippen MR) is 131 cm³/mol. The first-order valence-electron chi connectivity index (χ1n) is 11.1. The number of carbonyl (C=O) groups excluding carboxylic acids is 2. The van der Waals surface area contributed by atoms with Gasteiger partial charge in [0.1, 0.15) is 0 Å². The van der Waals surface area contributed by atoms with Gasteiger partial charge in [-0.15, -0.1) is 0 Å². The van der Waals surface area contributed by atoms with Crippen molar-refractivity contribution in [2.45, 2.75) is 31.0 Å². The van der Waals surface area contributed by atoms with E-state index in [1.165, 1.54) is 6.07 Å². The van der Waals surface area contributed by atoms with E-state index in [4.69, 9.17) is 0 Å². The zero-order valence-corrected chi connectivity index (χ0v) is 19.9. The second-order valence-electron chi connectivity index (χ2n) is 8.60. The summed E-state index contributed by atoms with van der Waals surface area (Å²) in [7, 11) is 0. The minimum atomic E-state index is -5.13. The first-order valence-corrected chi connectivity index (χ1v) is 11.9. The fourth-order valence-electron chi connectivity index (χ4n) is 4.90. The van der Waals surface area contributed by atoms with Crippen molar-refractivity contribution >= 4 is 39.0 Å². The maximum atomic E-state index is 13.9. The lowest BCUT2D eigenvalue weighted by atomic mass is 9.78. The lowest BCUT2D eigenvalue weighted by Gasteiger charge is -2.35. The molecule has 0 saturated heterocycles. The van der Waals surface area contributed by atoms with Crippen LogP contribution in [-0.2, 0) is 9.59 Å². The molecule has 35 heavy (non-hydrogen) atoms. The van der Waals surface area contributed by atoms with Gasteiger partial charge in [-0.2, -0.15) is 13.2 Å². The van der Waals surface area contributed by atoms with E-state index in [1.54, 1.807) is 42.5 Å². The molecule has 1 aliphatic heterocycles. The number of fused-ring (bicyclic) bond motifs is 1. The van der Waals surface area contributed by atoms with Gasteiger partial charge in [-0.3, -0.25) is 14.5 Å². The van der Waals surface area contributed by atoms with Crippen molar-refractivity contribution in [3.63, 3.8) is 0 Å². The van der Waals surface area contributed by atoms with E-state index in [0.29, 0.717) is 32.7 Å². The molecule has 8 heteroatoms. The molecule has 1 N–H and O–H groups in total. The first-order chi connectivity index (χ1) is 16.7. The molecule has 0 radical (unpaired) electrons. The van der Waals surface area contributed by atoms with E-state index in [-0.39, 0.29) is 29.4 Å². The van der Waals surface area contributed by atoms with Gasteiger partial charge in [0.25, 0.3) is 0 Å². The third-order valence-electron chi connectivity index (χ3n) is 6.39. The summed E-state index contributed by atoms with van der Waals surface area (Å²) in [6.45, 7) is 0. The number of carbonyl (C=O) groups is 2. The van der Waals surface area contributed by atoms with Crippen LogP contribution in [0.2, 0.25) is 0 Å². The smallest absolute Gasteiger partial charge is 0.357 e. The van der Waals surface area contributed by atoms with Crippen LogP contribution >= 0.6 is 15.9 Å². The summed E-state index contributed by atoms with van der Waals surface area (Å²) in [4.78, 5) is 27.3. The predicted octanol–water partition coefficient (Wildman–Crippen LogP) is 6.91. The Hall–Kier alpha value is -3.39. The van der Waals surface area contributed by atoms with Gasteiger partial charge in [0.2, 0.25) is 0 Å². The number of hydrogen-bond acceptors (Lipinski definition) is 3. The number of para-hydroxylation sites is 2. The van der Waals surface area contributed by atoms with Crippen molar-refractivity contribution in [3.8, 4) is 0 Å². The fourth-order valence-corrected chi connectivity index (χ4v) is 5.32. The average Bonchev–Trinajstić information content (AvgIpc) is 2.98. The lowest BCUT2D eigenvalue weighted by molar-refractivity contribution is -0.170. The molecule has 5 rings (SSSR count). The van der Waals surface area contributed by atoms with Crippen LogP contribution in [0.25, 0.3) is 0 Å². The van der Waals surface area contributed by atoms with Crippen molar-refractivity contribution in [2.24, 2.45) is 0 Å². The Labute approximate surface area is 208 Å². The van der Waals surface area contributed by atoms with Gasteiger partial charge in [-0.25, -0.2) is 0 Å². The monoisotopic (exact) mass is 540 g/mol. The molecule has 4 nitrogen and oxygen atoms in total. The highest BCUT2D eigenvalue weighted by atomic mass is 79.9. The number of nitrogens with zero attached hydrogens (tertiary/aromatic N) is 1. The molecule has 3 aromatic rings. The Bertz CT molecular complexity index is 1340. The van der Waals surface area contributed by atoms with Gasteiger partial charge >= 0.3 is 12.1 Å². The Balaban J connectivity index is 1.75. The van der Waals surface area contributed by atoms with Crippen molar-refractivity contribution < 1.29 is 22.8 Å². The number of halogens is 4. The maximum absolute atomic E-state index is 13.9. The number of ketones is 1. The van der Waals surface area contributed by atoms with Crippen LogP contribution in [0.15, 0.2) is 94.6 Å². The molecule has 0 aromatic heterocycles. The van der Waals surface area contributed by atoms with E-state index in [9.17, 15) is 22.8 Å². The molecule has 0 saturated carbocycles. The molecule has 2 aliphatic rings. The van der Waals surface area contributed by atoms with Gasteiger partial charge < -0.3 is 5.32 Å². The van der Waals surface area contributed by atoms with E-state index in [1.807, 2.05) is 30.3 Å². The Morgan fingerprint density at radius 3 is 2.31 bits per heavy atom. The molecular weight excluding hydrogens is 521 g/mol. The highest BCUT2D eigenvalue weighted by molar-refractivity contribution is 9.10. The van der Waals surface area contributed by atoms with Gasteiger partial charge in [0.15, 0.2) is 5.78 Å². The zero-order valence-electron chi connectivity index (χ0n) is 18.4. The van der Waals surface area contributed by atoms with Crippen molar-refractivity contribution in [2.75, 3.05) is 10.2 Å². The second-order valence-corrected chi connectivity index (χ2v) is 9.52. The maximum Gasteiger partial charge on any atom is 0.471 e. The fraction of sp³-hybridized carbons (Fsp3) is 0.185. The summed E-state index contributed by atoms with van der Waals surface area (Å²) in [6, 6.07) is 21.4. The topological polar surface area (TPSA) is 49.4 Å². The Kier molecular flexibility index (Phi) is 6.01. The number of hydrogen-bond donors (Lipinski definition) is 1. The molecule has 1 aliphatic carbocycles. The van der Waals surface area contributed by atoms with Gasteiger partial charge in [-0.1, -0.05) is 70.5 Å². The number of anilines is 2. The summed E-state index contributed by atoms with van der Waals surface area (Å²) in [5.41, 5.74) is 2.52. The number of amides is 1. The van der Waals surface area contributed by atoms with E-state index in [0.717, 1.165) is 5.56 Å². The van der Waals surface area contributed by atoms with Crippen LogP contribution in [0.3, 0.4) is 0 Å². The van der Waals surface area contributed by atoms with E-state index < -0.39 is 18.1 Å². The van der Waals surface area contributed by atoms with Crippen molar-refractivity contribution in [3.05, 3.63) is 106 Å². The molecular formula is C27H20BrF3N2O2. The van der Waals surface area contributed by atoms with Crippen LogP contribution in [0.1, 0.15) is 35.9 Å². The van der Waals surface area contributed by atoms with Crippen molar-refractivity contribution in [1.29, 1.82) is 0 Å². The normalized spacial score (nSPS) is 20.0. The molecule has 178 valence electrons. The third-order valence-corrected chi connectivity index (χ3v) is 6.88. The molecule has 1 heterocycles. The number of nitrogens with one attached hydrogen (secondary N) is 1. The standard InChI is InChI=1S/C27H20BrF3N2O2/c28-19-10-6-9-17(13-19)25-24-21(14-18(15-23(24)34)16-7-2-1-3-8-16)32-20-11-4-5-12-22(20)33(25)26(35)27(29,30)31/h1-13,18,25,32H,14-15H2/t18-,25-/m1/s1. The van der Waals surface area contributed by atoms with Crippen LogP contribution in [-0.4, -0.2) is 17.9 Å². The molecule has 1 amide bonds. The summed E-state index contributed by atoms with van der Waals surface area (Å²) in [5, 5.41) is 3.23. The highest BCUT2D eigenvalue weighted by Crippen LogP contribution is 2.48. The van der Waals surface area contributed by atoms with Crippen molar-refractivity contribution in [1.82, 2.24) is 0 Å². The summed E-state index contributed by atoms with van der Waals surface area (Å²) in [6.07, 6.45) is -4.57. The van der Waals surface area contributed by atoms with E-state index in [2.05, 4.69) is 21.2 Å². The third kappa shape index (κ3) is 4.38.